The van der Waals surface area contributed by atoms with E-state index in [0.29, 0.717) is 6.54 Å². The molecule has 0 aliphatic heterocycles. The molecule has 0 saturated carbocycles. The lowest BCUT2D eigenvalue weighted by atomic mass is 10.1. The maximum absolute atomic E-state index is 12.2. The van der Waals surface area contributed by atoms with Crippen LogP contribution in [0.5, 0.6) is 5.75 Å². The van der Waals surface area contributed by atoms with Crippen LogP contribution >= 0.6 is 0 Å². The number of methoxy groups -OCH3 is 1. The third-order valence-electron chi connectivity index (χ3n) is 4.34. The van der Waals surface area contributed by atoms with E-state index >= 15 is 0 Å². The molecular formula is C20H22N6O3. The maximum Gasteiger partial charge on any atom is 0.315 e. The Morgan fingerprint density at radius 1 is 1.21 bits per heavy atom. The molecule has 9 nitrogen and oxygen atoms in total. The second-order valence-electron chi connectivity index (χ2n) is 6.40. The number of primary amides is 1. The summed E-state index contributed by atoms with van der Waals surface area (Å²) < 4.78 is 6.64. The number of nitrogens with one attached hydrogen (secondary N) is 2. The third kappa shape index (κ3) is 5.10. The van der Waals surface area contributed by atoms with Gasteiger partial charge in [-0.15, -0.1) is 5.10 Å². The van der Waals surface area contributed by atoms with E-state index in [9.17, 15) is 9.59 Å². The number of amides is 3. The molecule has 0 unspecified atom stereocenters. The lowest BCUT2D eigenvalue weighted by Gasteiger charge is -2.16. The van der Waals surface area contributed by atoms with Crippen molar-refractivity contribution >= 4 is 11.9 Å². The van der Waals surface area contributed by atoms with Crippen LogP contribution < -0.4 is 21.1 Å². The molecule has 0 aliphatic carbocycles. The van der Waals surface area contributed by atoms with Crippen LogP contribution in [0.15, 0.2) is 54.7 Å². The molecule has 29 heavy (non-hydrogen) atoms. The summed E-state index contributed by atoms with van der Waals surface area (Å²) in [6.45, 7) is 2.28. The van der Waals surface area contributed by atoms with E-state index in [1.807, 2.05) is 55.5 Å². The van der Waals surface area contributed by atoms with Gasteiger partial charge in [0.15, 0.2) is 5.69 Å². The van der Waals surface area contributed by atoms with Crippen molar-refractivity contribution in [1.82, 2.24) is 25.6 Å². The Labute approximate surface area is 167 Å². The first-order valence-corrected chi connectivity index (χ1v) is 8.96. The molecule has 3 rings (SSSR count). The van der Waals surface area contributed by atoms with E-state index in [1.165, 1.54) is 10.9 Å². The van der Waals surface area contributed by atoms with Crippen LogP contribution in [0, 0.1) is 0 Å². The fourth-order valence-electron chi connectivity index (χ4n) is 2.71. The van der Waals surface area contributed by atoms with Crippen LogP contribution in [0.2, 0.25) is 0 Å². The molecule has 0 spiro atoms. The molecule has 0 bridgehead atoms. The molecule has 2 aromatic carbocycles. The molecule has 1 heterocycles. The number of nitrogens with zero attached hydrogens (tertiary/aromatic N) is 3. The van der Waals surface area contributed by atoms with Gasteiger partial charge in [-0.1, -0.05) is 29.5 Å². The van der Waals surface area contributed by atoms with Gasteiger partial charge >= 0.3 is 6.03 Å². The number of hydrogen-bond acceptors (Lipinski definition) is 5. The predicted molar refractivity (Wildman–Crippen MR) is 107 cm³/mol. The topological polar surface area (TPSA) is 124 Å². The van der Waals surface area contributed by atoms with Gasteiger partial charge in [-0.25, -0.2) is 9.48 Å². The lowest BCUT2D eigenvalue weighted by molar-refractivity contribution is 0.0995. The van der Waals surface area contributed by atoms with E-state index in [4.69, 9.17) is 10.5 Å². The highest BCUT2D eigenvalue weighted by molar-refractivity contribution is 5.90. The highest BCUT2D eigenvalue weighted by Crippen LogP contribution is 2.16. The minimum atomic E-state index is -0.634. The number of ether oxygens (including phenoxy) is 1. The standard InChI is InChI=1S/C20H22N6O3/c1-13(23-20(28)22-11-14-4-3-5-17(10-14)29-2)15-6-8-16(9-7-15)26-12-18(19(21)27)24-25-26/h3-10,12-13H,11H2,1-2H3,(H2,21,27)(H2,22,23,28)/t13-/m1/s1. The number of urea groups is 1. The zero-order valence-electron chi connectivity index (χ0n) is 16.1. The summed E-state index contributed by atoms with van der Waals surface area (Å²) in [6.07, 6.45) is 1.46. The van der Waals surface area contributed by atoms with Crippen LogP contribution in [-0.4, -0.2) is 34.0 Å². The minimum absolute atomic E-state index is 0.0943. The Balaban J connectivity index is 1.56. The van der Waals surface area contributed by atoms with E-state index in [2.05, 4.69) is 20.9 Å². The molecule has 0 radical (unpaired) electrons. The van der Waals surface area contributed by atoms with Crippen LogP contribution in [-0.2, 0) is 6.54 Å². The number of benzene rings is 2. The number of nitrogens with two attached hydrogens (primary N) is 1. The number of aromatic nitrogens is 3. The van der Waals surface area contributed by atoms with Crippen LogP contribution in [0.4, 0.5) is 4.79 Å². The summed E-state index contributed by atoms with van der Waals surface area (Å²) in [5, 5.41) is 13.3. The predicted octanol–water partition coefficient (Wildman–Crippen LogP) is 1.94. The zero-order valence-corrected chi connectivity index (χ0v) is 16.1. The quantitative estimate of drug-likeness (QED) is 0.565. The van der Waals surface area contributed by atoms with Crippen LogP contribution in [0.1, 0.15) is 34.6 Å². The van der Waals surface area contributed by atoms with Crippen molar-refractivity contribution in [3.05, 3.63) is 71.5 Å². The first-order chi connectivity index (χ1) is 14.0. The summed E-state index contributed by atoms with van der Waals surface area (Å²) in [7, 11) is 1.60. The summed E-state index contributed by atoms with van der Waals surface area (Å²) in [6, 6.07) is 14.4. The first-order valence-electron chi connectivity index (χ1n) is 8.96. The average molecular weight is 394 g/mol. The van der Waals surface area contributed by atoms with Gasteiger partial charge in [0.2, 0.25) is 0 Å². The number of carbonyl (C=O) groups is 2. The zero-order chi connectivity index (χ0) is 20.8. The van der Waals surface area contributed by atoms with E-state index < -0.39 is 5.91 Å². The second-order valence-corrected chi connectivity index (χ2v) is 6.40. The molecule has 4 N–H and O–H groups in total. The molecule has 9 heteroatoms. The Morgan fingerprint density at radius 2 is 1.97 bits per heavy atom. The van der Waals surface area contributed by atoms with Crippen LogP contribution in [0.25, 0.3) is 5.69 Å². The van der Waals surface area contributed by atoms with Gasteiger partial charge in [0.1, 0.15) is 5.75 Å². The molecule has 0 fully saturated rings. The SMILES string of the molecule is COc1cccc(CNC(=O)N[C@H](C)c2ccc(-n3cc(C(N)=O)nn3)cc2)c1. The fraction of sp³-hybridized carbons (Fsp3) is 0.200. The second kappa shape index (κ2) is 8.87. The average Bonchev–Trinajstić information content (AvgIpc) is 3.23. The van der Waals surface area contributed by atoms with Crippen LogP contribution in [0.3, 0.4) is 0 Å². The van der Waals surface area contributed by atoms with Gasteiger partial charge in [-0.05, 0) is 42.3 Å². The van der Waals surface area contributed by atoms with Gasteiger partial charge < -0.3 is 21.1 Å². The van der Waals surface area contributed by atoms with Gasteiger partial charge in [0.05, 0.1) is 25.0 Å². The van der Waals surface area contributed by atoms with Gasteiger partial charge in [-0.2, -0.15) is 0 Å². The number of carbonyl (C=O) groups excluding carboxylic acids is 2. The summed E-state index contributed by atoms with van der Waals surface area (Å²) in [4.78, 5) is 23.3. The molecule has 1 atom stereocenters. The Kier molecular flexibility index (Phi) is 6.08. The lowest BCUT2D eigenvalue weighted by Crippen LogP contribution is -2.36. The molecule has 0 saturated heterocycles. The normalized spacial score (nSPS) is 11.5. The van der Waals surface area contributed by atoms with Crippen molar-refractivity contribution in [1.29, 1.82) is 0 Å². The van der Waals surface area contributed by atoms with Crippen molar-refractivity contribution in [2.75, 3.05) is 7.11 Å². The Hall–Kier alpha value is -3.88. The van der Waals surface area contributed by atoms with Gasteiger partial charge in [-0.3, -0.25) is 4.79 Å². The molecule has 150 valence electrons. The van der Waals surface area contributed by atoms with Crippen molar-refractivity contribution in [3.8, 4) is 11.4 Å². The smallest absolute Gasteiger partial charge is 0.315 e. The first kappa shape index (κ1) is 19.9. The largest absolute Gasteiger partial charge is 0.497 e. The molecule has 1 aromatic heterocycles. The molecule has 0 aliphatic rings. The summed E-state index contributed by atoms with van der Waals surface area (Å²) >= 11 is 0. The van der Waals surface area contributed by atoms with E-state index in [1.54, 1.807) is 7.11 Å². The van der Waals surface area contributed by atoms with Gasteiger partial charge in [0.25, 0.3) is 5.91 Å². The van der Waals surface area contributed by atoms with Crippen molar-refractivity contribution in [2.45, 2.75) is 19.5 Å². The highest BCUT2D eigenvalue weighted by Gasteiger charge is 2.11. The Morgan fingerprint density at radius 3 is 2.62 bits per heavy atom. The van der Waals surface area contributed by atoms with E-state index in [-0.39, 0.29) is 17.8 Å². The molecule has 3 amide bonds. The monoisotopic (exact) mass is 394 g/mol. The minimum Gasteiger partial charge on any atom is -0.497 e. The Bertz CT molecular complexity index is 999. The molecular weight excluding hydrogens is 372 g/mol. The van der Waals surface area contributed by atoms with Crippen molar-refractivity contribution in [2.24, 2.45) is 5.73 Å². The van der Waals surface area contributed by atoms with E-state index in [0.717, 1.165) is 22.6 Å². The number of hydrogen-bond donors (Lipinski definition) is 3. The maximum atomic E-state index is 12.2. The highest BCUT2D eigenvalue weighted by atomic mass is 16.5. The number of rotatable bonds is 7. The van der Waals surface area contributed by atoms with Gasteiger partial charge in [0, 0.05) is 6.54 Å². The fourth-order valence-corrected chi connectivity index (χ4v) is 2.71. The van der Waals surface area contributed by atoms with Crippen molar-refractivity contribution < 1.29 is 14.3 Å². The third-order valence-corrected chi connectivity index (χ3v) is 4.34. The summed E-state index contributed by atoms with van der Waals surface area (Å²) in [5.74, 6) is 0.110. The molecule has 3 aromatic rings. The van der Waals surface area contributed by atoms with Crippen molar-refractivity contribution in [3.63, 3.8) is 0 Å². The summed E-state index contributed by atoms with van der Waals surface area (Å²) in [5.41, 5.74) is 7.87.